The van der Waals surface area contributed by atoms with E-state index in [2.05, 4.69) is 51.3 Å². The van der Waals surface area contributed by atoms with Crippen molar-refractivity contribution in [1.82, 2.24) is 0 Å². The Labute approximate surface area is 388 Å². The first-order valence-corrected chi connectivity index (χ1v) is 24.1. The van der Waals surface area contributed by atoms with Crippen molar-refractivity contribution in [3.05, 3.63) is 121 Å². The predicted molar refractivity (Wildman–Crippen MR) is 260 cm³/mol. The van der Waals surface area contributed by atoms with E-state index in [1.54, 1.807) is 38.1 Å². The van der Waals surface area contributed by atoms with E-state index in [9.17, 15) is 9.59 Å². The van der Waals surface area contributed by atoms with Gasteiger partial charge in [-0.3, -0.25) is 0 Å². The number of carbonyl (C=O) groups excluding carboxylic acids is 2. The van der Waals surface area contributed by atoms with Crippen molar-refractivity contribution in [3.63, 3.8) is 0 Å². The summed E-state index contributed by atoms with van der Waals surface area (Å²) >= 11 is 0. The molecule has 2 atom stereocenters. The third-order valence-electron chi connectivity index (χ3n) is 12.9. The summed E-state index contributed by atoms with van der Waals surface area (Å²) in [5.41, 5.74) is 5.01. The summed E-state index contributed by atoms with van der Waals surface area (Å²) in [5.74, 6) is 3.58. The molecule has 1 heterocycles. The fraction of sp³-hybridized carbons (Fsp3) is 0.474. The molecule has 1 aliphatic heterocycles. The van der Waals surface area contributed by atoms with Gasteiger partial charge >= 0.3 is 11.9 Å². The van der Waals surface area contributed by atoms with Gasteiger partial charge in [-0.2, -0.15) is 0 Å². The summed E-state index contributed by atoms with van der Waals surface area (Å²) in [7, 11) is 0. The van der Waals surface area contributed by atoms with E-state index in [-0.39, 0.29) is 6.10 Å². The lowest BCUT2D eigenvalue weighted by Crippen LogP contribution is -2.45. The highest BCUT2D eigenvalue weighted by Crippen LogP contribution is 2.38. The largest absolute Gasteiger partial charge is 0.494 e. The van der Waals surface area contributed by atoms with E-state index < -0.39 is 17.7 Å². The van der Waals surface area contributed by atoms with Gasteiger partial charge in [-0.25, -0.2) is 9.59 Å². The van der Waals surface area contributed by atoms with Crippen molar-refractivity contribution in [3.8, 4) is 45.3 Å². The Morgan fingerprint density at radius 1 is 0.523 bits per heavy atom. The molecule has 8 heteroatoms. The molecule has 1 saturated carbocycles. The zero-order chi connectivity index (χ0) is 46.0. The third-order valence-corrected chi connectivity index (χ3v) is 12.9. The van der Waals surface area contributed by atoms with E-state index in [0.717, 1.165) is 97.3 Å². The number of hydrogen-bond acceptors (Lipinski definition) is 8. The molecular weight excluding hydrogens is 813 g/mol. The summed E-state index contributed by atoms with van der Waals surface area (Å²) < 4.78 is 35.5. The molecule has 65 heavy (non-hydrogen) atoms. The molecule has 0 N–H and O–H groups in total. The molecule has 6 rings (SSSR count). The number of benzene rings is 4. The second-order valence-corrected chi connectivity index (χ2v) is 18.8. The highest BCUT2D eigenvalue weighted by Gasteiger charge is 2.36. The summed E-state index contributed by atoms with van der Waals surface area (Å²) in [6, 6.07) is 31.3. The van der Waals surface area contributed by atoms with Crippen molar-refractivity contribution >= 4 is 11.9 Å². The second kappa shape index (κ2) is 24.9. The monoisotopic (exact) mass is 885 g/mol. The molecule has 4 aromatic carbocycles. The lowest BCUT2D eigenvalue weighted by Gasteiger charge is -2.42. The smallest absolute Gasteiger partial charge is 0.338 e. The number of esters is 2. The molecule has 0 spiro atoms. The quantitative estimate of drug-likeness (QED) is 0.0297. The Morgan fingerprint density at radius 3 is 1.35 bits per heavy atom. The van der Waals surface area contributed by atoms with Gasteiger partial charge in [-0.05, 0) is 142 Å². The Balaban J connectivity index is 0.792. The molecule has 0 aromatic heterocycles. The molecule has 2 aliphatic rings. The maximum Gasteiger partial charge on any atom is 0.338 e. The first-order valence-electron chi connectivity index (χ1n) is 24.1. The number of rotatable bonds is 24. The lowest BCUT2D eigenvalue weighted by atomic mass is 9.77. The number of hydrogen-bond donors (Lipinski definition) is 0. The zero-order valence-corrected chi connectivity index (χ0v) is 39.5. The SMILES string of the molecule is C=C(C)C(=O)Oc1ccc(-c2ccc(OCCCCCCC3CCC(CCC4OC(C)(C)OCC4CCCCCOc4ccc(-c5ccc(OC(=O)C(=C)C)cc5)cc4)CC3)cc2)cc1. The Morgan fingerprint density at radius 2 is 0.908 bits per heavy atom. The van der Waals surface area contributed by atoms with Crippen LogP contribution in [0.5, 0.6) is 23.0 Å². The van der Waals surface area contributed by atoms with Crippen LogP contribution in [-0.2, 0) is 19.1 Å². The van der Waals surface area contributed by atoms with Gasteiger partial charge in [0, 0.05) is 17.1 Å². The average molecular weight is 885 g/mol. The molecular formula is C57H72O8. The number of ether oxygens (including phenoxy) is 6. The standard InChI is InChI=1S/C57H72O8/c1-41(2)55(58)63-52-33-25-47(26-34-52)45-21-29-50(30-22-45)60-38-12-8-7-10-14-43-16-18-44(19-17-43)20-37-54-49(40-62-57(5,6)65-54)15-11-9-13-39-61-51-31-23-46(24-32-51)48-27-35-53(36-28-48)64-56(59)42(3)4/h21-36,43-44,49,54H,1,3,7-20,37-40H2,2,4-6H3. The van der Waals surface area contributed by atoms with Crippen LogP contribution in [0.15, 0.2) is 121 Å². The maximum atomic E-state index is 11.8. The van der Waals surface area contributed by atoms with Crippen molar-refractivity contribution in [2.75, 3.05) is 19.8 Å². The third kappa shape index (κ3) is 16.3. The molecule has 0 bridgehead atoms. The first-order chi connectivity index (χ1) is 31.4. The lowest BCUT2D eigenvalue weighted by molar-refractivity contribution is -0.295. The molecule has 2 unspecified atom stereocenters. The van der Waals surface area contributed by atoms with E-state index in [1.807, 2.05) is 48.5 Å². The molecule has 4 aromatic rings. The molecule has 1 aliphatic carbocycles. The zero-order valence-electron chi connectivity index (χ0n) is 39.5. The second-order valence-electron chi connectivity index (χ2n) is 18.8. The number of unbranched alkanes of at least 4 members (excludes halogenated alkanes) is 5. The minimum absolute atomic E-state index is 0.267. The van der Waals surface area contributed by atoms with Crippen molar-refractivity contribution < 1.29 is 38.0 Å². The predicted octanol–water partition coefficient (Wildman–Crippen LogP) is 14.3. The number of carbonyl (C=O) groups is 2. The van der Waals surface area contributed by atoms with Crippen LogP contribution in [0.1, 0.15) is 124 Å². The minimum atomic E-state index is -0.510. The highest BCUT2D eigenvalue weighted by molar-refractivity contribution is 5.89. The molecule has 348 valence electrons. The Bertz CT molecular complexity index is 2090. The van der Waals surface area contributed by atoms with Gasteiger partial charge in [0.1, 0.15) is 23.0 Å². The van der Waals surface area contributed by atoms with Crippen LogP contribution in [0.3, 0.4) is 0 Å². The normalized spacial score (nSPS) is 19.2. The van der Waals surface area contributed by atoms with E-state index in [1.165, 1.54) is 57.8 Å². The van der Waals surface area contributed by atoms with Crippen molar-refractivity contribution in [1.29, 1.82) is 0 Å². The van der Waals surface area contributed by atoms with Crippen LogP contribution >= 0.6 is 0 Å². The van der Waals surface area contributed by atoms with Crippen LogP contribution in [0.25, 0.3) is 22.3 Å². The Kier molecular flexibility index (Phi) is 18.9. The maximum absolute atomic E-state index is 11.8. The van der Waals surface area contributed by atoms with Crippen molar-refractivity contribution in [2.24, 2.45) is 17.8 Å². The van der Waals surface area contributed by atoms with Crippen LogP contribution in [0.2, 0.25) is 0 Å². The fourth-order valence-electron chi connectivity index (χ4n) is 8.94. The van der Waals surface area contributed by atoms with Gasteiger partial charge in [-0.1, -0.05) is 126 Å². The van der Waals surface area contributed by atoms with E-state index in [0.29, 0.717) is 35.2 Å². The van der Waals surface area contributed by atoms with Gasteiger partial charge in [0.2, 0.25) is 0 Å². The molecule has 0 radical (unpaired) electrons. The molecule has 0 amide bonds. The average Bonchev–Trinajstić information content (AvgIpc) is 3.30. The van der Waals surface area contributed by atoms with Crippen LogP contribution in [0, 0.1) is 17.8 Å². The van der Waals surface area contributed by atoms with Gasteiger partial charge in [0.15, 0.2) is 5.79 Å². The van der Waals surface area contributed by atoms with Gasteiger partial charge in [-0.15, -0.1) is 0 Å². The molecule has 2 fully saturated rings. The minimum Gasteiger partial charge on any atom is -0.494 e. The van der Waals surface area contributed by atoms with Crippen LogP contribution < -0.4 is 18.9 Å². The summed E-state index contributed by atoms with van der Waals surface area (Å²) in [5, 5.41) is 0. The van der Waals surface area contributed by atoms with Crippen LogP contribution in [-0.4, -0.2) is 43.7 Å². The van der Waals surface area contributed by atoms with Crippen LogP contribution in [0.4, 0.5) is 0 Å². The molecule has 1 saturated heterocycles. The topological polar surface area (TPSA) is 89.5 Å². The van der Waals surface area contributed by atoms with E-state index >= 15 is 0 Å². The highest BCUT2D eigenvalue weighted by atomic mass is 16.7. The van der Waals surface area contributed by atoms with Crippen molar-refractivity contribution in [2.45, 2.75) is 136 Å². The summed E-state index contributed by atoms with van der Waals surface area (Å²) in [4.78, 5) is 23.6. The fourth-order valence-corrected chi connectivity index (χ4v) is 8.94. The summed E-state index contributed by atoms with van der Waals surface area (Å²) in [6.45, 7) is 16.9. The van der Waals surface area contributed by atoms with Gasteiger partial charge in [0.25, 0.3) is 0 Å². The van der Waals surface area contributed by atoms with Gasteiger partial charge < -0.3 is 28.4 Å². The van der Waals surface area contributed by atoms with E-state index in [4.69, 9.17) is 28.4 Å². The summed E-state index contributed by atoms with van der Waals surface area (Å²) in [6.07, 6.45) is 18.8. The molecule has 8 nitrogen and oxygen atoms in total. The van der Waals surface area contributed by atoms with Gasteiger partial charge in [0.05, 0.1) is 25.9 Å². The Hall–Kier alpha value is -5.18. The first kappa shape index (κ1) is 49.3.